The Morgan fingerprint density at radius 1 is 1.37 bits per heavy atom. The molecule has 0 spiro atoms. The van der Waals surface area contributed by atoms with E-state index in [1.165, 1.54) is 0 Å². The van der Waals surface area contributed by atoms with Gasteiger partial charge in [-0.05, 0) is 18.2 Å². The molecule has 2 aromatic rings. The number of thioether (sulfide) groups is 1. The molecule has 1 fully saturated rings. The largest absolute Gasteiger partial charge is 0.323 e. The van der Waals surface area contributed by atoms with Crippen molar-refractivity contribution in [3.63, 3.8) is 0 Å². The van der Waals surface area contributed by atoms with Gasteiger partial charge in [0.25, 0.3) is 0 Å². The van der Waals surface area contributed by atoms with Gasteiger partial charge in [0.1, 0.15) is 5.52 Å². The lowest BCUT2D eigenvalue weighted by atomic mass is 10.2. The predicted octanol–water partition coefficient (Wildman–Crippen LogP) is 1.55. The fourth-order valence-electron chi connectivity index (χ4n) is 2.09. The number of fused-ring (bicyclic) bond motifs is 1. The minimum Gasteiger partial charge on any atom is -0.323 e. The number of carbonyl (C=O) groups is 1. The van der Waals surface area contributed by atoms with E-state index in [2.05, 4.69) is 15.6 Å². The van der Waals surface area contributed by atoms with E-state index in [-0.39, 0.29) is 6.03 Å². The minimum absolute atomic E-state index is 0.0384. The number of hydrogen-bond donors (Lipinski definition) is 1. The summed E-state index contributed by atoms with van der Waals surface area (Å²) in [7, 11) is 1.85. The molecule has 2 amide bonds. The quantitative estimate of drug-likeness (QED) is 0.859. The van der Waals surface area contributed by atoms with Gasteiger partial charge in [-0.25, -0.2) is 9.48 Å². The van der Waals surface area contributed by atoms with Crippen LogP contribution in [0.15, 0.2) is 18.2 Å². The SMILES string of the molecule is Cn1nnc2cc(NC(=O)N3CCSCC3)ccc21. The van der Waals surface area contributed by atoms with Crippen LogP contribution in [0.2, 0.25) is 0 Å². The van der Waals surface area contributed by atoms with Crippen molar-refractivity contribution in [2.45, 2.75) is 0 Å². The fraction of sp³-hybridized carbons (Fsp3) is 0.417. The Kier molecular flexibility index (Phi) is 3.29. The first kappa shape index (κ1) is 12.3. The van der Waals surface area contributed by atoms with E-state index < -0.39 is 0 Å². The molecule has 1 N–H and O–H groups in total. The van der Waals surface area contributed by atoms with Crippen molar-refractivity contribution in [3.8, 4) is 0 Å². The molecule has 0 saturated carbocycles. The Labute approximate surface area is 115 Å². The maximum absolute atomic E-state index is 12.1. The van der Waals surface area contributed by atoms with Crippen LogP contribution in [0, 0.1) is 0 Å². The molecule has 1 aromatic heterocycles. The van der Waals surface area contributed by atoms with Crippen molar-refractivity contribution in [3.05, 3.63) is 18.2 Å². The zero-order chi connectivity index (χ0) is 13.2. The van der Waals surface area contributed by atoms with Crippen molar-refractivity contribution in [2.24, 2.45) is 7.05 Å². The van der Waals surface area contributed by atoms with E-state index in [0.29, 0.717) is 0 Å². The monoisotopic (exact) mass is 277 g/mol. The summed E-state index contributed by atoms with van der Waals surface area (Å²) in [5.74, 6) is 2.02. The molecule has 0 unspecified atom stereocenters. The third-order valence-electron chi connectivity index (χ3n) is 3.16. The first-order valence-corrected chi connectivity index (χ1v) is 7.32. The van der Waals surface area contributed by atoms with Crippen molar-refractivity contribution >= 4 is 34.5 Å². The Morgan fingerprint density at radius 3 is 2.95 bits per heavy atom. The molecule has 1 aromatic carbocycles. The third kappa shape index (κ3) is 2.51. The summed E-state index contributed by atoms with van der Waals surface area (Å²) < 4.78 is 1.71. The number of urea groups is 1. The molecule has 0 radical (unpaired) electrons. The average molecular weight is 277 g/mol. The van der Waals surface area contributed by atoms with Gasteiger partial charge in [0.2, 0.25) is 0 Å². The normalized spacial score (nSPS) is 15.7. The van der Waals surface area contributed by atoms with E-state index >= 15 is 0 Å². The summed E-state index contributed by atoms with van der Waals surface area (Å²) in [6.45, 7) is 1.62. The lowest BCUT2D eigenvalue weighted by molar-refractivity contribution is 0.217. The standard InChI is InChI=1S/C12H15N5OS/c1-16-11-3-2-9(8-10(11)14-15-16)13-12(18)17-4-6-19-7-5-17/h2-3,8H,4-7H2,1H3,(H,13,18). The second-order valence-electron chi connectivity index (χ2n) is 4.45. The number of aromatic nitrogens is 3. The number of nitrogens with zero attached hydrogens (tertiary/aromatic N) is 4. The highest BCUT2D eigenvalue weighted by atomic mass is 32.2. The van der Waals surface area contributed by atoms with Crippen LogP contribution >= 0.6 is 11.8 Å². The lowest BCUT2D eigenvalue weighted by Gasteiger charge is -2.26. The molecule has 100 valence electrons. The summed E-state index contributed by atoms with van der Waals surface area (Å²) in [6.07, 6.45) is 0. The van der Waals surface area contributed by atoms with Crippen LogP contribution < -0.4 is 5.32 Å². The second kappa shape index (κ2) is 5.08. The van der Waals surface area contributed by atoms with Gasteiger partial charge in [0.05, 0.1) is 5.52 Å². The molecule has 1 aliphatic rings. The highest BCUT2D eigenvalue weighted by Crippen LogP contribution is 2.17. The average Bonchev–Trinajstić information content (AvgIpc) is 2.81. The molecular weight excluding hydrogens is 262 g/mol. The molecule has 3 rings (SSSR count). The maximum Gasteiger partial charge on any atom is 0.321 e. The van der Waals surface area contributed by atoms with Crippen LogP contribution in [0.25, 0.3) is 11.0 Å². The summed E-state index contributed by atoms with van der Waals surface area (Å²) in [5.41, 5.74) is 2.50. The van der Waals surface area contributed by atoms with Gasteiger partial charge >= 0.3 is 6.03 Å². The van der Waals surface area contributed by atoms with E-state index in [0.717, 1.165) is 41.3 Å². The summed E-state index contributed by atoms with van der Waals surface area (Å²) in [6, 6.07) is 5.60. The number of carbonyl (C=O) groups excluding carboxylic acids is 1. The molecule has 0 aliphatic carbocycles. The van der Waals surface area contributed by atoms with E-state index in [9.17, 15) is 4.79 Å². The Balaban J connectivity index is 1.75. The highest BCUT2D eigenvalue weighted by Gasteiger charge is 2.16. The fourth-order valence-corrected chi connectivity index (χ4v) is 2.99. The molecule has 0 bridgehead atoms. The van der Waals surface area contributed by atoms with Gasteiger partial charge in [0, 0.05) is 37.3 Å². The van der Waals surface area contributed by atoms with E-state index in [1.807, 2.05) is 41.9 Å². The molecule has 1 saturated heterocycles. The van der Waals surface area contributed by atoms with Crippen LogP contribution in [0.3, 0.4) is 0 Å². The van der Waals surface area contributed by atoms with Crippen molar-refractivity contribution < 1.29 is 4.79 Å². The number of nitrogens with one attached hydrogen (secondary N) is 1. The summed E-state index contributed by atoms with van der Waals surface area (Å²) >= 11 is 1.88. The van der Waals surface area contributed by atoms with Gasteiger partial charge in [0.15, 0.2) is 0 Å². The van der Waals surface area contributed by atoms with Gasteiger partial charge in [-0.1, -0.05) is 5.21 Å². The zero-order valence-corrected chi connectivity index (χ0v) is 11.5. The topological polar surface area (TPSA) is 63.1 Å². The molecule has 0 atom stereocenters. The molecule has 19 heavy (non-hydrogen) atoms. The van der Waals surface area contributed by atoms with Crippen LogP contribution in [0.5, 0.6) is 0 Å². The number of rotatable bonds is 1. The molecule has 2 heterocycles. The van der Waals surface area contributed by atoms with Crippen LogP contribution in [-0.2, 0) is 7.05 Å². The number of hydrogen-bond acceptors (Lipinski definition) is 4. The number of benzene rings is 1. The summed E-state index contributed by atoms with van der Waals surface area (Å²) in [4.78, 5) is 13.9. The summed E-state index contributed by atoms with van der Waals surface area (Å²) in [5, 5.41) is 10.9. The van der Waals surface area contributed by atoms with E-state index in [4.69, 9.17) is 0 Å². The van der Waals surface area contributed by atoms with Gasteiger partial charge in [-0.15, -0.1) is 5.10 Å². The van der Waals surface area contributed by atoms with Crippen LogP contribution in [-0.4, -0.2) is 50.5 Å². The molecule has 1 aliphatic heterocycles. The molecular formula is C12H15N5OS. The van der Waals surface area contributed by atoms with Crippen molar-refractivity contribution in [1.82, 2.24) is 19.9 Å². The van der Waals surface area contributed by atoms with Crippen LogP contribution in [0.1, 0.15) is 0 Å². The highest BCUT2D eigenvalue weighted by molar-refractivity contribution is 7.99. The molecule has 7 heteroatoms. The minimum atomic E-state index is -0.0384. The first-order chi connectivity index (χ1) is 9.24. The smallest absolute Gasteiger partial charge is 0.321 e. The Bertz CT molecular complexity index is 605. The van der Waals surface area contributed by atoms with Crippen molar-refractivity contribution in [1.29, 1.82) is 0 Å². The Hall–Kier alpha value is -1.76. The number of amides is 2. The second-order valence-corrected chi connectivity index (χ2v) is 5.67. The Morgan fingerprint density at radius 2 is 2.16 bits per heavy atom. The maximum atomic E-state index is 12.1. The molecule has 6 nitrogen and oxygen atoms in total. The predicted molar refractivity (Wildman–Crippen MR) is 76.4 cm³/mol. The van der Waals surface area contributed by atoms with Crippen molar-refractivity contribution in [2.75, 3.05) is 29.9 Å². The van der Waals surface area contributed by atoms with Crippen LogP contribution in [0.4, 0.5) is 10.5 Å². The zero-order valence-electron chi connectivity index (χ0n) is 10.7. The van der Waals surface area contributed by atoms with E-state index in [1.54, 1.807) is 4.68 Å². The number of anilines is 1. The lowest BCUT2D eigenvalue weighted by Crippen LogP contribution is -2.40. The van der Waals surface area contributed by atoms with Gasteiger partial charge in [-0.3, -0.25) is 0 Å². The number of aryl methyl sites for hydroxylation is 1. The third-order valence-corrected chi connectivity index (χ3v) is 4.10. The van der Waals surface area contributed by atoms with Gasteiger partial charge < -0.3 is 10.2 Å². The van der Waals surface area contributed by atoms with Gasteiger partial charge in [-0.2, -0.15) is 11.8 Å². The first-order valence-electron chi connectivity index (χ1n) is 6.17.